The minimum Gasteiger partial charge on any atom is -0.348 e. The Kier molecular flexibility index (Phi) is 3.03. The Morgan fingerprint density at radius 2 is 2.21 bits per heavy atom. The number of para-hydroxylation sites is 1. The predicted molar refractivity (Wildman–Crippen MR) is 77.4 cm³/mol. The zero-order valence-corrected chi connectivity index (χ0v) is 11.4. The van der Waals surface area contributed by atoms with Gasteiger partial charge in [-0.25, -0.2) is 0 Å². The van der Waals surface area contributed by atoms with Crippen LogP contribution in [0.4, 0.5) is 5.69 Å². The molecule has 4 heteroatoms. The molecule has 0 saturated carbocycles. The van der Waals surface area contributed by atoms with Gasteiger partial charge >= 0.3 is 0 Å². The first-order valence-corrected chi connectivity index (χ1v) is 6.73. The van der Waals surface area contributed by atoms with E-state index < -0.39 is 0 Å². The number of likely N-dealkylation sites (N-methyl/N-ethyl adjacent to an activating group) is 1. The average molecular weight is 257 g/mol. The molecule has 1 saturated heterocycles. The highest BCUT2D eigenvalue weighted by molar-refractivity contribution is 6.05. The van der Waals surface area contributed by atoms with Gasteiger partial charge in [-0.15, -0.1) is 0 Å². The van der Waals surface area contributed by atoms with E-state index in [1.54, 1.807) is 4.90 Å². The summed E-state index contributed by atoms with van der Waals surface area (Å²) in [6, 6.07) is 8.15. The Morgan fingerprint density at radius 3 is 2.95 bits per heavy atom. The van der Waals surface area contributed by atoms with Gasteiger partial charge in [-0.3, -0.25) is 4.79 Å². The van der Waals surface area contributed by atoms with Crippen molar-refractivity contribution in [2.45, 2.75) is 18.9 Å². The van der Waals surface area contributed by atoms with Crippen LogP contribution < -0.4 is 10.2 Å². The Bertz CT molecular complexity index is 611. The van der Waals surface area contributed by atoms with Crippen molar-refractivity contribution < 1.29 is 4.79 Å². The molecule has 0 aliphatic carbocycles. The summed E-state index contributed by atoms with van der Waals surface area (Å²) in [5, 5.41) is 4.39. The van der Waals surface area contributed by atoms with E-state index in [-0.39, 0.29) is 11.9 Å². The molecule has 0 bridgehead atoms. The average Bonchev–Trinajstić information content (AvgIpc) is 3.06. The summed E-state index contributed by atoms with van der Waals surface area (Å²) in [6.07, 6.45) is 4.05. The second-order valence-corrected chi connectivity index (χ2v) is 5.19. The van der Waals surface area contributed by atoms with Crippen LogP contribution in [-0.2, 0) is 11.8 Å². The number of anilines is 1. The van der Waals surface area contributed by atoms with E-state index in [0.29, 0.717) is 0 Å². The van der Waals surface area contributed by atoms with E-state index in [1.165, 1.54) is 0 Å². The maximum Gasteiger partial charge on any atom is 0.243 e. The Labute approximate surface area is 113 Å². The number of carbonyl (C=O) groups excluding carboxylic acids is 1. The third kappa shape index (κ3) is 2.02. The second-order valence-electron chi connectivity index (χ2n) is 5.19. The van der Waals surface area contributed by atoms with E-state index in [4.69, 9.17) is 0 Å². The van der Waals surface area contributed by atoms with Gasteiger partial charge in [0.15, 0.2) is 0 Å². The number of nitrogens with one attached hydrogen (secondary N) is 1. The molecule has 1 aliphatic rings. The number of amides is 1. The molecule has 4 nitrogen and oxygen atoms in total. The molecule has 1 atom stereocenters. The summed E-state index contributed by atoms with van der Waals surface area (Å²) in [5.41, 5.74) is 2.13. The molecule has 1 amide bonds. The molecule has 100 valence electrons. The molecule has 19 heavy (non-hydrogen) atoms. The van der Waals surface area contributed by atoms with Crippen molar-refractivity contribution in [3.63, 3.8) is 0 Å². The third-order valence-electron chi connectivity index (χ3n) is 3.93. The Hall–Kier alpha value is -1.81. The van der Waals surface area contributed by atoms with Crippen LogP contribution in [0.5, 0.6) is 0 Å². The van der Waals surface area contributed by atoms with E-state index in [0.717, 1.165) is 36.0 Å². The second kappa shape index (κ2) is 4.70. The molecule has 0 radical (unpaired) electrons. The summed E-state index contributed by atoms with van der Waals surface area (Å²) >= 11 is 0. The molecule has 1 N–H and O–H groups in total. The number of aromatic nitrogens is 1. The number of aryl methyl sites for hydroxylation is 1. The van der Waals surface area contributed by atoms with Gasteiger partial charge in [-0.2, -0.15) is 0 Å². The van der Waals surface area contributed by atoms with Gasteiger partial charge in [0.25, 0.3) is 0 Å². The Balaban J connectivity index is 1.97. The summed E-state index contributed by atoms with van der Waals surface area (Å²) in [6.45, 7) is 0.944. The number of hydrogen-bond donors (Lipinski definition) is 1. The zero-order chi connectivity index (χ0) is 13.4. The van der Waals surface area contributed by atoms with Crippen LogP contribution in [0.25, 0.3) is 10.9 Å². The van der Waals surface area contributed by atoms with Crippen molar-refractivity contribution in [1.29, 1.82) is 0 Å². The molecular weight excluding hydrogens is 238 g/mol. The van der Waals surface area contributed by atoms with Gasteiger partial charge in [0.2, 0.25) is 5.91 Å². The lowest BCUT2D eigenvalue weighted by Crippen LogP contribution is -2.41. The molecule has 2 aromatic rings. The largest absolute Gasteiger partial charge is 0.348 e. The summed E-state index contributed by atoms with van der Waals surface area (Å²) < 4.78 is 2.07. The highest BCUT2D eigenvalue weighted by Gasteiger charge is 2.26. The number of nitrogens with zero attached hydrogens (tertiary/aromatic N) is 2. The molecule has 1 unspecified atom stereocenters. The highest BCUT2D eigenvalue weighted by atomic mass is 16.2. The van der Waals surface area contributed by atoms with Gasteiger partial charge in [0.05, 0.1) is 11.7 Å². The topological polar surface area (TPSA) is 37.3 Å². The zero-order valence-electron chi connectivity index (χ0n) is 11.4. The molecule has 2 heterocycles. The number of fused-ring (bicyclic) bond motifs is 1. The highest BCUT2D eigenvalue weighted by Crippen LogP contribution is 2.28. The van der Waals surface area contributed by atoms with Crippen molar-refractivity contribution in [2.24, 2.45) is 7.05 Å². The van der Waals surface area contributed by atoms with E-state index >= 15 is 0 Å². The first-order valence-electron chi connectivity index (χ1n) is 6.73. The lowest BCUT2D eigenvalue weighted by Gasteiger charge is -2.20. The van der Waals surface area contributed by atoms with E-state index in [1.807, 2.05) is 32.4 Å². The van der Waals surface area contributed by atoms with Crippen LogP contribution in [0.3, 0.4) is 0 Å². The fourth-order valence-corrected chi connectivity index (χ4v) is 2.84. The minimum atomic E-state index is -0.0241. The predicted octanol–water partition coefficient (Wildman–Crippen LogP) is 1.89. The summed E-state index contributed by atoms with van der Waals surface area (Å²) in [7, 11) is 3.88. The van der Waals surface area contributed by atoms with Crippen LogP contribution in [0.1, 0.15) is 12.8 Å². The van der Waals surface area contributed by atoms with Gasteiger partial charge < -0.3 is 14.8 Å². The van der Waals surface area contributed by atoms with Crippen LogP contribution >= 0.6 is 0 Å². The first kappa shape index (κ1) is 12.2. The number of benzene rings is 1. The fourth-order valence-electron chi connectivity index (χ4n) is 2.84. The lowest BCUT2D eigenvalue weighted by atomic mass is 10.2. The lowest BCUT2D eigenvalue weighted by molar-refractivity contribution is -0.119. The molecule has 1 aliphatic heterocycles. The maximum atomic E-state index is 12.5. The summed E-state index contributed by atoms with van der Waals surface area (Å²) in [5.74, 6) is 0.161. The quantitative estimate of drug-likeness (QED) is 0.892. The Morgan fingerprint density at radius 1 is 1.42 bits per heavy atom. The van der Waals surface area contributed by atoms with Gasteiger partial charge in [0, 0.05) is 31.2 Å². The smallest absolute Gasteiger partial charge is 0.243 e. The maximum absolute atomic E-state index is 12.5. The van der Waals surface area contributed by atoms with E-state index in [2.05, 4.69) is 22.0 Å². The van der Waals surface area contributed by atoms with Crippen LogP contribution in [0.15, 0.2) is 30.5 Å². The summed E-state index contributed by atoms with van der Waals surface area (Å²) in [4.78, 5) is 14.2. The SMILES string of the molecule is CN(C(=O)C1CCCN1)c1cn(C)c2ccccc12. The van der Waals surface area contributed by atoms with Gasteiger partial charge in [0.1, 0.15) is 0 Å². The van der Waals surface area contributed by atoms with E-state index in [9.17, 15) is 4.79 Å². The van der Waals surface area contributed by atoms with Crippen LogP contribution in [0, 0.1) is 0 Å². The molecule has 1 aromatic heterocycles. The van der Waals surface area contributed by atoms with Gasteiger partial charge in [-0.05, 0) is 25.5 Å². The molecule has 1 fully saturated rings. The van der Waals surface area contributed by atoms with Gasteiger partial charge in [-0.1, -0.05) is 18.2 Å². The molecule has 1 aromatic carbocycles. The van der Waals surface area contributed by atoms with Crippen molar-refractivity contribution in [2.75, 3.05) is 18.5 Å². The van der Waals surface area contributed by atoms with Crippen LogP contribution in [-0.4, -0.2) is 30.1 Å². The monoisotopic (exact) mass is 257 g/mol. The van der Waals surface area contributed by atoms with Crippen molar-refractivity contribution in [3.8, 4) is 0 Å². The van der Waals surface area contributed by atoms with Crippen molar-refractivity contribution in [3.05, 3.63) is 30.5 Å². The number of carbonyl (C=O) groups is 1. The normalized spacial score (nSPS) is 18.9. The standard InChI is InChI=1S/C15H19N3O/c1-17-10-14(11-6-3-4-8-13(11)17)18(2)15(19)12-7-5-9-16-12/h3-4,6,8,10,12,16H,5,7,9H2,1-2H3. The minimum absolute atomic E-state index is 0.0241. The molecule has 0 spiro atoms. The molecular formula is C15H19N3O. The fraction of sp³-hybridized carbons (Fsp3) is 0.400. The van der Waals surface area contributed by atoms with Crippen molar-refractivity contribution >= 4 is 22.5 Å². The van der Waals surface area contributed by atoms with Crippen molar-refractivity contribution in [1.82, 2.24) is 9.88 Å². The number of rotatable bonds is 2. The van der Waals surface area contributed by atoms with Crippen LogP contribution in [0.2, 0.25) is 0 Å². The molecule has 3 rings (SSSR count). The first-order chi connectivity index (χ1) is 9.18. The third-order valence-corrected chi connectivity index (χ3v) is 3.93. The number of hydrogen-bond acceptors (Lipinski definition) is 2.